The fourth-order valence-electron chi connectivity index (χ4n) is 1.41. The van der Waals surface area contributed by atoms with Crippen LogP contribution in [0.1, 0.15) is 6.42 Å². The summed E-state index contributed by atoms with van der Waals surface area (Å²) >= 11 is 3.19. The van der Waals surface area contributed by atoms with Crippen LogP contribution in [-0.2, 0) is 10.0 Å². The van der Waals surface area contributed by atoms with Crippen molar-refractivity contribution >= 4 is 31.8 Å². The minimum Gasteiger partial charge on any atom is -0.309 e. The van der Waals surface area contributed by atoms with E-state index < -0.39 is 10.0 Å². The molecule has 0 atom stereocenters. The van der Waals surface area contributed by atoms with Crippen molar-refractivity contribution in [3.05, 3.63) is 16.7 Å². The molecule has 0 fully saturated rings. The Morgan fingerprint density at radius 3 is 2.74 bits per heavy atom. The molecule has 0 aliphatic rings. The molecule has 1 aromatic heterocycles. The van der Waals surface area contributed by atoms with E-state index in [-0.39, 0.29) is 10.7 Å². The number of nitrogen functional groups attached to an aromatic ring is 1. The molecule has 1 heterocycles. The van der Waals surface area contributed by atoms with Gasteiger partial charge in [-0.15, -0.1) is 0 Å². The molecule has 4 N–H and O–H groups in total. The highest BCUT2D eigenvalue weighted by molar-refractivity contribution is 9.10. The summed E-state index contributed by atoms with van der Waals surface area (Å²) < 4.78 is 27.3. The van der Waals surface area contributed by atoms with Gasteiger partial charge in [0.15, 0.2) is 5.82 Å². The van der Waals surface area contributed by atoms with Gasteiger partial charge >= 0.3 is 0 Å². The number of rotatable bonds is 7. The zero-order chi connectivity index (χ0) is 14.5. The Labute approximate surface area is 121 Å². The van der Waals surface area contributed by atoms with Crippen molar-refractivity contribution in [3.8, 4) is 0 Å². The van der Waals surface area contributed by atoms with E-state index in [0.29, 0.717) is 11.0 Å². The number of sulfonamides is 1. The van der Waals surface area contributed by atoms with E-state index in [1.165, 1.54) is 12.3 Å². The maximum Gasteiger partial charge on any atom is 0.244 e. The minimum atomic E-state index is -3.63. The second kappa shape index (κ2) is 7.15. The lowest BCUT2D eigenvalue weighted by Gasteiger charge is -2.12. The molecule has 0 bridgehead atoms. The van der Waals surface area contributed by atoms with Gasteiger partial charge in [-0.2, -0.15) is 0 Å². The average Bonchev–Trinajstić information content (AvgIpc) is 2.34. The summed E-state index contributed by atoms with van der Waals surface area (Å²) in [6.45, 7) is 1.16. The molecule has 1 rings (SSSR count). The molecule has 19 heavy (non-hydrogen) atoms. The Balaban J connectivity index is 2.79. The SMILES string of the molecule is CN(C)CCCNS(=O)(=O)c1cc(Br)cnc1NN. The van der Waals surface area contributed by atoms with Crippen molar-refractivity contribution in [1.82, 2.24) is 14.6 Å². The van der Waals surface area contributed by atoms with Crippen LogP contribution < -0.4 is 16.0 Å². The summed E-state index contributed by atoms with van der Waals surface area (Å²) in [6, 6.07) is 1.45. The molecular formula is C10H18BrN5O2S. The first-order valence-corrected chi connectivity index (χ1v) is 7.91. The average molecular weight is 352 g/mol. The predicted octanol–water partition coefficient (Wildman–Crippen LogP) is 0.360. The standard InChI is InChI=1S/C10H18BrN5O2S/c1-16(2)5-3-4-14-19(17,18)9-6-8(11)7-13-10(9)15-12/h6-7,14H,3-5,12H2,1-2H3,(H,13,15). The highest BCUT2D eigenvalue weighted by Gasteiger charge is 2.19. The first-order chi connectivity index (χ1) is 8.86. The molecule has 0 unspecified atom stereocenters. The fraction of sp³-hybridized carbons (Fsp3) is 0.500. The molecule has 0 saturated heterocycles. The van der Waals surface area contributed by atoms with Gasteiger partial charge in [0, 0.05) is 17.2 Å². The van der Waals surface area contributed by atoms with Crippen molar-refractivity contribution in [1.29, 1.82) is 0 Å². The number of hydrazine groups is 1. The summed E-state index contributed by atoms with van der Waals surface area (Å²) in [6.07, 6.45) is 2.19. The fourth-order valence-corrected chi connectivity index (χ4v) is 3.11. The lowest BCUT2D eigenvalue weighted by Crippen LogP contribution is -2.28. The van der Waals surface area contributed by atoms with E-state index in [9.17, 15) is 8.42 Å². The van der Waals surface area contributed by atoms with Gasteiger partial charge in [-0.1, -0.05) is 0 Å². The van der Waals surface area contributed by atoms with Gasteiger partial charge in [0.2, 0.25) is 10.0 Å². The Morgan fingerprint density at radius 2 is 2.16 bits per heavy atom. The first kappa shape index (κ1) is 16.3. The Kier molecular flexibility index (Phi) is 6.14. The van der Waals surface area contributed by atoms with Crippen LogP contribution in [0.4, 0.5) is 5.82 Å². The number of nitrogens with one attached hydrogen (secondary N) is 2. The number of halogens is 1. The molecule has 108 valence electrons. The number of anilines is 1. The Bertz CT molecular complexity index is 521. The van der Waals surface area contributed by atoms with Crippen LogP contribution in [0, 0.1) is 0 Å². The zero-order valence-corrected chi connectivity index (χ0v) is 13.3. The normalized spacial score (nSPS) is 11.8. The van der Waals surface area contributed by atoms with Gasteiger partial charge in [0.1, 0.15) is 4.90 Å². The van der Waals surface area contributed by atoms with E-state index in [1.807, 2.05) is 19.0 Å². The predicted molar refractivity (Wildman–Crippen MR) is 78.1 cm³/mol. The first-order valence-electron chi connectivity index (χ1n) is 5.63. The van der Waals surface area contributed by atoms with E-state index in [2.05, 4.69) is 31.1 Å². The van der Waals surface area contributed by atoms with Crippen LogP contribution in [0.2, 0.25) is 0 Å². The van der Waals surface area contributed by atoms with Gasteiger partial charge in [-0.25, -0.2) is 24.0 Å². The largest absolute Gasteiger partial charge is 0.309 e. The van der Waals surface area contributed by atoms with Crippen LogP contribution in [0.15, 0.2) is 21.6 Å². The van der Waals surface area contributed by atoms with Gasteiger partial charge in [-0.05, 0) is 49.1 Å². The van der Waals surface area contributed by atoms with Crippen LogP contribution in [0.25, 0.3) is 0 Å². The third kappa shape index (κ3) is 5.03. The van der Waals surface area contributed by atoms with Crippen molar-refractivity contribution < 1.29 is 8.42 Å². The van der Waals surface area contributed by atoms with Gasteiger partial charge in [0.25, 0.3) is 0 Å². The Hall–Kier alpha value is -0.740. The monoisotopic (exact) mass is 351 g/mol. The number of hydrogen-bond acceptors (Lipinski definition) is 6. The number of nitrogens with two attached hydrogens (primary N) is 1. The van der Waals surface area contributed by atoms with Crippen molar-refractivity contribution in [3.63, 3.8) is 0 Å². The molecule has 0 radical (unpaired) electrons. The van der Waals surface area contributed by atoms with Crippen molar-refractivity contribution in [2.45, 2.75) is 11.3 Å². The summed E-state index contributed by atoms with van der Waals surface area (Å²) in [5, 5.41) is 0. The van der Waals surface area contributed by atoms with Gasteiger partial charge in [-0.3, -0.25) is 0 Å². The Morgan fingerprint density at radius 1 is 1.47 bits per heavy atom. The van der Waals surface area contributed by atoms with Crippen LogP contribution in [0.5, 0.6) is 0 Å². The number of nitrogens with zero attached hydrogens (tertiary/aromatic N) is 2. The highest BCUT2D eigenvalue weighted by Crippen LogP contribution is 2.21. The second-order valence-electron chi connectivity index (χ2n) is 4.20. The molecule has 0 amide bonds. The third-order valence-corrected chi connectivity index (χ3v) is 4.23. The van der Waals surface area contributed by atoms with E-state index in [0.717, 1.165) is 13.0 Å². The molecule has 7 nitrogen and oxygen atoms in total. The van der Waals surface area contributed by atoms with E-state index >= 15 is 0 Å². The molecule has 0 aliphatic carbocycles. The lowest BCUT2D eigenvalue weighted by atomic mass is 10.4. The van der Waals surface area contributed by atoms with E-state index in [1.54, 1.807) is 0 Å². The van der Waals surface area contributed by atoms with Crippen LogP contribution >= 0.6 is 15.9 Å². The number of hydrogen-bond donors (Lipinski definition) is 3. The van der Waals surface area contributed by atoms with Gasteiger partial charge < -0.3 is 10.3 Å². The molecule has 9 heteroatoms. The van der Waals surface area contributed by atoms with Gasteiger partial charge in [0.05, 0.1) is 0 Å². The molecular weight excluding hydrogens is 334 g/mol. The lowest BCUT2D eigenvalue weighted by molar-refractivity contribution is 0.400. The summed E-state index contributed by atoms with van der Waals surface area (Å²) in [7, 11) is 0.240. The quantitative estimate of drug-likeness (QED) is 0.372. The molecule has 1 aromatic rings. The number of pyridine rings is 1. The van der Waals surface area contributed by atoms with Crippen LogP contribution in [-0.4, -0.2) is 45.5 Å². The smallest absolute Gasteiger partial charge is 0.244 e. The third-order valence-electron chi connectivity index (χ3n) is 2.32. The van der Waals surface area contributed by atoms with Crippen LogP contribution in [0.3, 0.4) is 0 Å². The minimum absolute atomic E-state index is 0.0224. The highest BCUT2D eigenvalue weighted by atomic mass is 79.9. The molecule has 0 aromatic carbocycles. The number of aromatic nitrogens is 1. The van der Waals surface area contributed by atoms with E-state index in [4.69, 9.17) is 5.84 Å². The summed E-state index contributed by atoms with van der Waals surface area (Å²) in [5.74, 6) is 5.38. The summed E-state index contributed by atoms with van der Waals surface area (Å²) in [5.41, 5.74) is 2.28. The topological polar surface area (TPSA) is 100 Å². The molecule has 0 saturated carbocycles. The van der Waals surface area contributed by atoms with Crippen molar-refractivity contribution in [2.75, 3.05) is 32.6 Å². The zero-order valence-electron chi connectivity index (χ0n) is 10.9. The molecule has 0 aliphatic heterocycles. The van der Waals surface area contributed by atoms with Crippen molar-refractivity contribution in [2.24, 2.45) is 5.84 Å². The maximum absolute atomic E-state index is 12.1. The molecule has 0 spiro atoms. The summed E-state index contributed by atoms with van der Waals surface area (Å²) in [4.78, 5) is 5.92. The maximum atomic E-state index is 12.1. The second-order valence-corrected chi connectivity index (χ2v) is 6.85.